The molecule has 0 fully saturated rings. The fraction of sp³-hybridized carbons (Fsp3) is 0.375. The molecule has 0 aromatic heterocycles. The summed E-state index contributed by atoms with van der Waals surface area (Å²) in [5.74, 6) is 1.12. The average molecular weight is 288 g/mol. The smallest absolute Gasteiger partial charge is 0.175 e. The maximum Gasteiger partial charge on any atom is 0.175 e. The Hall–Kier alpha value is -2.48. The number of nitriles is 1. The monoisotopic (exact) mass is 288 g/mol. The van der Waals surface area contributed by atoms with Crippen LogP contribution in [0.4, 0.5) is 0 Å². The van der Waals surface area contributed by atoms with Crippen LogP contribution in [-0.2, 0) is 11.2 Å². The highest BCUT2D eigenvalue weighted by Gasteiger charge is 2.11. The number of benzene rings is 1. The second-order valence-electron chi connectivity index (χ2n) is 4.73. The molecule has 0 aliphatic heterocycles. The first-order valence-electron chi connectivity index (χ1n) is 6.54. The van der Waals surface area contributed by atoms with E-state index in [4.69, 9.17) is 14.7 Å². The number of ketones is 1. The van der Waals surface area contributed by atoms with Crippen molar-refractivity contribution in [2.45, 2.75) is 12.8 Å². The summed E-state index contributed by atoms with van der Waals surface area (Å²) in [5, 5.41) is 8.99. The van der Waals surface area contributed by atoms with E-state index in [1.807, 2.05) is 18.2 Å². The van der Waals surface area contributed by atoms with Gasteiger partial charge in [-0.05, 0) is 24.1 Å². The van der Waals surface area contributed by atoms with E-state index < -0.39 is 0 Å². The van der Waals surface area contributed by atoms with Gasteiger partial charge in [0, 0.05) is 26.7 Å². The molecule has 1 aromatic rings. The minimum atomic E-state index is -0.166. The number of carbonyl (C=O) groups is 1. The van der Waals surface area contributed by atoms with Crippen molar-refractivity contribution in [3.8, 4) is 17.6 Å². The fourth-order valence-electron chi connectivity index (χ4n) is 1.85. The van der Waals surface area contributed by atoms with Crippen LogP contribution >= 0.6 is 0 Å². The minimum Gasteiger partial charge on any atom is -0.493 e. The van der Waals surface area contributed by atoms with Crippen molar-refractivity contribution in [2.75, 3.05) is 28.3 Å². The van der Waals surface area contributed by atoms with Gasteiger partial charge in [-0.2, -0.15) is 5.26 Å². The molecular formula is C16H20N2O3. The normalized spacial score (nSPS) is 10.7. The lowest BCUT2D eigenvalue weighted by Crippen LogP contribution is -2.09. The molecule has 0 bridgehead atoms. The molecule has 0 aliphatic rings. The Bertz CT molecular complexity index is 571. The van der Waals surface area contributed by atoms with Crippen molar-refractivity contribution in [1.29, 1.82) is 5.26 Å². The van der Waals surface area contributed by atoms with Crippen molar-refractivity contribution in [2.24, 2.45) is 0 Å². The van der Waals surface area contributed by atoms with Gasteiger partial charge in [-0.3, -0.25) is 4.79 Å². The van der Waals surface area contributed by atoms with Gasteiger partial charge in [-0.15, -0.1) is 0 Å². The third-order valence-electron chi connectivity index (χ3n) is 2.90. The predicted molar refractivity (Wildman–Crippen MR) is 80.3 cm³/mol. The third-order valence-corrected chi connectivity index (χ3v) is 2.90. The van der Waals surface area contributed by atoms with Gasteiger partial charge in [0.25, 0.3) is 0 Å². The second-order valence-corrected chi connectivity index (χ2v) is 4.73. The number of hydrogen-bond donors (Lipinski definition) is 0. The summed E-state index contributed by atoms with van der Waals surface area (Å²) in [6, 6.07) is 7.47. The van der Waals surface area contributed by atoms with E-state index in [0.29, 0.717) is 17.9 Å². The van der Waals surface area contributed by atoms with E-state index >= 15 is 0 Å². The topological polar surface area (TPSA) is 62.6 Å². The Labute approximate surface area is 125 Å². The number of nitrogens with zero attached hydrogens (tertiary/aromatic N) is 2. The summed E-state index contributed by atoms with van der Waals surface area (Å²) in [6.45, 7) is 0. The van der Waals surface area contributed by atoms with Crippen LogP contribution in [-0.4, -0.2) is 39.0 Å². The van der Waals surface area contributed by atoms with Crippen LogP contribution in [0.5, 0.6) is 11.5 Å². The molecule has 0 spiro atoms. The quantitative estimate of drug-likeness (QED) is 0.568. The lowest BCUT2D eigenvalue weighted by molar-refractivity contribution is -0.115. The molecule has 0 saturated heterocycles. The van der Waals surface area contributed by atoms with E-state index in [-0.39, 0.29) is 17.8 Å². The Morgan fingerprint density at radius 2 is 1.95 bits per heavy atom. The standard InChI is InChI=1S/C16H20N2O3/c1-18(2)11-13(10-17)14(19)7-5-12-6-8-15(20-3)16(9-12)21-4/h6,8-9,11H,5,7H2,1-4H3. The summed E-state index contributed by atoms with van der Waals surface area (Å²) < 4.78 is 10.4. The molecule has 0 heterocycles. The first kappa shape index (κ1) is 16.6. The number of hydrogen-bond acceptors (Lipinski definition) is 5. The number of allylic oxidation sites excluding steroid dienone is 1. The minimum absolute atomic E-state index is 0.166. The summed E-state index contributed by atoms with van der Waals surface area (Å²) in [6.07, 6.45) is 2.37. The van der Waals surface area contributed by atoms with Crippen LogP contribution in [0.2, 0.25) is 0 Å². The fourth-order valence-corrected chi connectivity index (χ4v) is 1.85. The number of aryl methyl sites for hydroxylation is 1. The van der Waals surface area contributed by atoms with Crippen LogP contribution in [0.1, 0.15) is 12.0 Å². The van der Waals surface area contributed by atoms with Crippen molar-refractivity contribution in [1.82, 2.24) is 4.90 Å². The molecule has 0 radical (unpaired) electrons. The lowest BCUT2D eigenvalue weighted by atomic mass is 10.0. The summed E-state index contributed by atoms with van der Waals surface area (Å²) in [5.41, 5.74) is 1.13. The molecule has 0 amide bonds. The molecule has 5 nitrogen and oxygen atoms in total. The van der Waals surface area contributed by atoms with Gasteiger partial charge in [-0.25, -0.2) is 0 Å². The van der Waals surface area contributed by atoms with Crippen LogP contribution in [0, 0.1) is 11.3 Å². The zero-order valence-electron chi connectivity index (χ0n) is 12.8. The van der Waals surface area contributed by atoms with Crippen LogP contribution in [0.15, 0.2) is 30.0 Å². The van der Waals surface area contributed by atoms with Gasteiger partial charge in [0.2, 0.25) is 0 Å². The zero-order chi connectivity index (χ0) is 15.8. The molecular weight excluding hydrogens is 268 g/mol. The van der Waals surface area contributed by atoms with Crippen LogP contribution < -0.4 is 9.47 Å². The van der Waals surface area contributed by atoms with Gasteiger partial charge in [0.15, 0.2) is 17.3 Å². The average Bonchev–Trinajstić information content (AvgIpc) is 2.49. The maximum atomic E-state index is 12.0. The van der Waals surface area contributed by atoms with E-state index in [1.165, 1.54) is 6.20 Å². The Kier molecular flexibility index (Phi) is 6.28. The highest BCUT2D eigenvalue weighted by Crippen LogP contribution is 2.28. The van der Waals surface area contributed by atoms with Gasteiger partial charge >= 0.3 is 0 Å². The van der Waals surface area contributed by atoms with E-state index in [2.05, 4.69) is 0 Å². The number of ether oxygens (including phenoxy) is 2. The third kappa shape index (κ3) is 4.84. The van der Waals surface area contributed by atoms with E-state index in [0.717, 1.165) is 5.56 Å². The molecule has 1 aromatic carbocycles. The number of Topliss-reactive ketones (excluding diaryl/α,β-unsaturated/α-hetero) is 1. The first-order chi connectivity index (χ1) is 10.0. The second kappa shape index (κ2) is 7.95. The molecule has 0 atom stereocenters. The highest BCUT2D eigenvalue weighted by atomic mass is 16.5. The summed E-state index contributed by atoms with van der Waals surface area (Å²) >= 11 is 0. The largest absolute Gasteiger partial charge is 0.493 e. The van der Waals surface area contributed by atoms with Crippen molar-refractivity contribution in [3.05, 3.63) is 35.5 Å². The molecule has 0 aliphatic carbocycles. The SMILES string of the molecule is COc1ccc(CCC(=O)C(C#N)=CN(C)C)cc1OC. The lowest BCUT2D eigenvalue weighted by Gasteiger charge is -2.09. The van der Waals surface area contributed by atoms with Crippen LogP contribution in [0.25, 0.3) is 0 Å². The number of rotatable bonds is 7. The van der Waals surface area contributed by atoms with Crippen molar-refractivity contribution >= 4 is 5.78 Å². The number of methoxy groups -OCH3 is 2. The Morgan fingerprint density at radius 3 is 2.48 bits per heavy atom. The molecule has 0 saturated carbocycles. The van der Waals surface area contributed by atoms with Gasteiger partial charge in [-0.1, -0.05) is 6.07 Å². The Balaban J connectivity index is 2.76. The van der Waals surface area contributed by atoms with Crippen molar-refractivity contribution < 1.29 is 14.3 Å². The summed E-state index contributed by atoms with van der Waals surface area (Å²) in [7, 11) is 6.70. The van der Waals surface area contributed by atoms with Gasteiger partial charge < -0.3 is 14.4 Å². The molecule has 5 heteroatoms. The number of carbonyl (C=O) groups excluding carboxylic acids is 1. The first-order valence-corrected chi connectivity index (χ1v) is 6.54. The maximum absolute atomic E-state index is 12.0. The predicted octanol–water partition coefficient (Wildman–Crippen LogP) is 2.17. The molecule has 0 unspecified atom stereocenters. The molecule has 112 valence electrons. The molecule has 1 rings (SSSR count). The van der Waals surface area contributed by atoms with Gasteiger partial charge in [0.1, 0.15) is 11.6 Å². The van der Waals surface area contributed by atoms with E-state index in [9.17, 15) is 4.79 Å². The van der Waals surface area contributed by atoms with Gasteiger partial charge in [0.05, 0.1) is 14.2 Å². The highest BCUT2D eigenvalue weighted by molar-refractivity contribution is 5.98. The zero-order valence-corrected chi connectivity index (χ0v) is 12.8. The molecule has 21 heavy (non-hydrogen) atoms. The van der Waals surface area contributed by atoms with E-state index in [1.54, 1.807) is 39.3 Å². The van der Waals surface area contributed by atoms with Crippen LogP contribution in [0.3, 0.4) is 0 Å². The Morgan fingerprint density at radius 1 is 1.29 bits per heavy atom. The summed E-state index contributed by atoms with van der Waals surface area (Å²) in [4.78, 5) is 13.7. The van der Waals surface area contributed by atoms with Crippen molar-refractivity contribution in [3.63, 3.8) is 0 Å². The molecule has 0 N–H and O–H groups in total.